The van der Waals surface area contributed by atoms with E-state index in [4.69, 9.17) is 27.9 Å². The lowest BCUT2D eigenvalue weighted by atomic mass is 10.1. The average molecular weight is 449 g/mol. The number of nitrogens with one attached hydrogen (secondary N) is 1. The molecule has 0 radical (unpaired) electrons. The van der Waals surface area contributed by atoms with Gasteiger partial charge in [-0.2, -0.15) is 0 Å². The summed E-state index contributed by atoms with van der Waals surface area (Å²) in [6, 6.07) is 12.4. The minimum atomic E-state index is -0.378. The van der Waals surface area contributed by atoms with Crippen molar-refractivity contribution in [1.82, 2.24) is 9.97 Å². The Hall–Kier alpha value is -2.28. The van der Waals surface area contributed by atoms with Crippen LogP contribution in [0.4, 0.5) is 0 Å². The Morgan fingerprint density at radius 1 is 1.14 bits per heavy atom. The van der Waals surface area contributed by atoms with Gasteiger partial charge >= 0.3 is 5.97 Å². The van der Waals surface area contributed by atoms with Gasteiger partial charge in [0.2, 0.25) is 0 Å². The summed E-state index contributed by atoms with van der Waals surface area (Å²) < 4.78 is 4.70. The smallest absolute Gasteiger partial charge is 0.337 e. The molecule has 3 rings (SSSR count). The maximum absolute atomic E-state index is 12.4. The highest BCUT2D eigenvalue weighted by atomic mass is 35.5. The summed E-state index contributed by atoms with van der Waals surface area (Å²) in [4.78, 5) is 31.3. The van der Waals surface area contributed by atoms with Crippen LogP contribution < -0.4 is 5.56 Å². The number of aromatic amines is 1. The molecule has 1 aromatic heterocycles. The summed E-state index contributed by atoms with van der Waals surface area (Å²) in [5.74, 6) is 0.205. The molecule has 0 bridgehead atoms. The van der Waals surface area contributed by atoms with E-state index in [2.05, 4.69) is 9.97 Å². The van der Waals surface area contributed by atoms with E-state index in [1.54, 1.807) is 37.3 Å². The maximum atomic E-state index is 12.4. The number of aromatic nitrogens is 2. The fraction of sp³-hybridized carbons (Fsp3) is 0.190. The Morgan fingerprint density at radius 2 is 1.79 bits per heavy atom. The van der Waals surface area contributed by atoms with Crippen molar-refractivity contribution >= 4 is 40.9 Å². The van der Waals surface area contributed by atoms with Gasteiger partial charge < -0.3 is 9.72 Å². The molecule has 0 aliphatic carbocycles. The van der Waals surface area contributed by atoms with Crippen molar-refractivity contribution in [2.24, 2.45) is 0 Å². The normalized spacial score (nSPS) is 10.8. The summed E-state index contributed by atoms with van der Waals surface area (Å²) >= 11 is 13.9. The molecule has 0 spiro atoms. The summed E-state index contributed by atoms with van der Waals surface area (Å²) in [6.45, 7) is 1.73. The van der Waals surface area contributed by atoms with E-state index in [1.165, 1.54) is 18.9 Å². The van der Waals surface area contributed by atoms with Crippen LogP contribution in [0.15, 0.2) is 52.4 Å². The van der Waals surface area contributed by atoms with Crippen LogP contribution in [0.1, 0.15) is 32.7 Å². The van der Waals surface area contributed by atoms with Crippen LogP contribution in [0.3, 0.4) is 0 Å². The largest absolute Gasteiger partial charge is 0.465 e. The Balaban J connectivity index is 1.79. The van der Waals surface area contributed by atoms with Crippen LogP contribution in [0, 0.1) is 6.92 Å². The number of halogens is 2. The first-order valence-corrected chi connectivity index (χ1v) is 10.5. The van der Waals surface area contributed by atoms with Gasteiger partial charge in [0.1, 0.15) is 0 Å². The molecule has 8 heteroatoms. The first kappa shape index (κ1) is 21.4. The first-order chi connectivity index (χ1) is 13.9. The van der Waals surface area contributed by atoms with Crippen LogP contribution in [-0.2, 0) is 16.9 Å². The number of H-pyrrole nitrogens is 1. The fourth-order valence-corrected chi connectivity index (χ4v) is 4.04. The van der Waals surface area contributed by atoms with E-state index < -0.39 is 0 Å². The van der Waals surface area contributed by atoms with Gasteiger partial charge in [-0.05, 0) is 42.3 Å². The third kappa shape index (κ3) is 5.21. The number of carbonyl (C=O) groups is 1. The number of nitrogens with zero attached hydrogens (tertiary/aromatic N) is 1. The lowest BCUT2D eigenvalue weighted by molar-refractivity contribution is 0.0600. The van der Waals surface area contributed by atoms with Gasteiger partial charge in [0.05, 0.1) is 18.4 Å². The summed E-state index contributed by atoms with van der Waals surface area (Å²) in [5, 5.41) is 1.59. The van der Waals surface area contributed by atoms with E-state index in [0.717, 1.165) is 11.1 Å². The predicted molar refractivity (Wildman–Crippen MR) is 116 cm³/mol. The molecular weight excluding hydrogens is 431 g/mol. The lowest BCUT2D eigenvalue weighted by Gasteiger charge is -2.10. The van der Waals surface area contributed by atoms with Crippen LogP contribution in [-0.4, -0.2) is 23.0 Å². The van der Waals surface area contributed by atoms with Crippen LogP contribution in [0.2, 0.25) is 10.0 Å². The van der Waals surface area contributed by atoms with Crippen molar-refractivity contribution in [2.75, 3.05) is 7.11 Å². The summed E-state index contributed by atoms with van der Waals surface area (Å²) in [5.41, 5.74) is 3.19. The quantitative estimate of drug-likeness (QED) is 0.324. The molecule has 2 aromatic carbocycles. The highest BCUT2D eigenvalue weighted by Gasteiger charge is 2.13. The van der Waals surface area contributed by atoms with Crippen LogP contribution in [0.5, 0.6) is 0 Å². The first-order valence-electron chi connectivity index (χ1n) is 8.71. The molecule has 0 unspecified atom stereocenters. The third-order valence-corrected chi connectivity index (χ3v) is 6.04. The van der Waals surface area contributed by atoms with Crippen molar-refractivity contribution in [3.63, 3.8) is 0 Å². The molecule has 0 amide bonds. The minimum absolute atomic E-state index is 0.193. The van der Waals surface area contributed by atoms with Crippen molar-refractivity contribution in [3.8, 4) is 0 Å². The molecule has 0 saturated heterocycles. The Bertz CT molecular complexity index is 1080. The van der Waals surface area contributed by atoms with Crippen molar-refractivity contribution in [2.45, 2.75) is 24.3 Å². The topological polar surface area (TPSA) is 72.0 Å². The second-order valence-electron chi connectivity index (χ2n) is 6.30. The van der Waals surface area contributed by atoms with Gasteiger partial charge in [0.25, 0.3) is 5.56 Å². The molecule has 1 N–H and O–H groups in total. The number of esters is 1. The lowest BCUT2D eigenvalue weighted by Crippen LogP contribution is -2.16. The average Bonchev–Trinajstić information content (AvgIpc) is 2.72. The third-order valence-electron chi connectivity index (χ3n) is 4.39. The Kier molecular flexibility index (Phi) is 7.00. The van der Waals surface area contributed by atoms with Gasteiger partial charge in [-0.1, -0.05) is 53.2 Å². The fourth-order valence-electron chi connectivity index (χ4n) is 2.67. The monoisotopic (exact) mass is 448 g/mol. The van der Waals surface area contributed by atoms with E-state index in [9.17, 15) is 9.59 Å². The van der Waals surface area contributed by atoms with Crippen molar-refractivity contribution in [3.05, 3.63) is 90.8 Å². The Morgan fingerprint density at radius 3 is 2.41 bits per heavy atom. The number of benzene rings is 2. The number of methoxy groups -OCH3 is 1. The molecule has 0 fully saturated rings. The van der Waals surface area contributed by atoms with Crippen LogP contribution in [0.25, 0.3) is 0 Å². The van der Waals surface area contributed by atoms with Gasteiger partial charge in [0, 0.05) is 27.8 Å². The number of ether oxygens (including phenoxy) is 1. The zero-order valence-corrected chi connectivity index (χ0v) is 18.1. The summed E-state index contributed by atoms with van der Waals surface area (Å²) in [7, 11) is 1.35. The maximum Gasteiger partial charge on any atom is 0.337 e. The zero-order valence-electron chi connectivity index (χ0n) is 15.8. The predicted octanol–water partition coefficient (Wildman–Crippen LogP) is 5.05. The zero-order chi connectivity index (χ0) is 21.0. The van der Waals surface area contributed by atoms with Crippen molar-refractivity contribution in [1.29, 1.82) is 0 Å². The SMILES string of the molecule is COC(=O)c1ccc(CSc2nc(Cc3c(Cl)cccc3Cl)c(C)c(=O)[nH]2)cc1. The number of thioether (sulfide) groups is 1. The second kappa shape index (κ2) is 9.48. The van der Waals surface area contributed by atoms with Gasteiger partial charge in [-0.3, -0.25) is 4.79 Å². The van der Waals surface area contributed by atoms with Crippen LogP contribution >= 0.6 is 35.0 Å². The van der Waals surface area contributed by atoms with E-state index >= 15 is 0 Å². The molecule has 150 valence electrons. The number of hydrogen-bond donors (Lipinski definition) is 1. The number of carbonyl (C=O) groups excluding carboxylic acids is 1. The number of hydrogen-bond acceptors (Lipinski definition) is 5. The van der Waals surface area contributed by atoms with Gasteiger partial charge in [0.15, 0.2) is 5.16 Å². The highest BCUT2D eigenvalue weighted by molar-refractivity contribution is 7.98. The molecule has 0 aliphatic rings. The summed E-state index contributed by atoms with van der Waals surface area (Å²) in [6.07, 6.45) is 0.371. The van der Waals surface area contributed by atoms with Gasteiger partial charge in [-0.15, -0.1) is 0 Å². The molecule has 0 atom stereocenters. The van der Waals surface area contributed by atoms with E-state index in [-0.39, 0.29) is 11.5 Å². The van der Waals surface area contributed by atoms with Crippen molar-refractivity contribution < 1.29 is 9.53 Å². The molecule has 5 nitrogen and oxygen atoms in total. The second-order valence-corrected chi connectivity index (χ2v) is 8.08. The molecule has 29 heavy (non-hydrogen) atoms. The Labute approximate surface area is 182 Å². The number of rotatable bonds is 6. The van der Waals surface area contributed by atoms with Gasteiger partial charge in [-0.25, -0.2) is 9.78 Å². The molecule has 0 aliphatic heterocycles. The highest BCUT2D eigenvalue weighted by Crippen LogP contribution is 2.27. The molecular formula is C21H18Cl2N2O3S. The molecule has 3 aromatic rings. The molecule has 0 saturated carbocycles. The van der Waals surface area contributed by atoms with E-state index in [0.29, 0.717) is 44.2 Å². The standard InChI is InChI=1S/C21H18Cl2N2O3S/c1-12-18(10-15-16(22)4-3-5-17(15)23)24-21(25-19(12)26)29-11-13-6-8-14(9-7-13)20(27)28-2/h3-9H,10-11H2,1-2H3,(H,24,25,26). The molecule has 1 heterocycles. The van der Waals surface area contributed by atoms with E-state index in [1.807, 2.05) is 12.1 Å². The minimum Gasteiger partial charge on any atom is -0.465 e.